The monoisotopic (exact) mass is 632 g/mol. The van der Waals surface area contributed by atoms with Gasteiger partial charge >= 0.3 is 0 Å². The molecule has 0 spiro atoms. The summed E-state index contributed by atoms with van der Waals surface area (Å²) < 4.78 is 8.97. The zero-order chi connectivity index (χ0) is 15.9. The van der Waals surface area contributed by atoms with Crippen LogP contribution in [0.5, 0.6) is 0 Å². The molecular formula is C14H18I2S6. The molecule has 2 rings (SSSR count). The standard InChI is InChI=1S/C14H18I2S6/c1-3-5-7-17-11-9(15)19-13(21-11)14-20-10(16)12(22-14)18-8-6-4-2/h3-8H2,1-2H3/b14-13+. The molecule has 0 unspecified atom stereocenters. The highest BCUT2D eigenvalue weighted by Gasteiger charge is 2.28. The molecule has 2 aliphatic heterocycles. The predicted molar refractivity (Wildman–Crippen MR) is 134 cm³/mol. The molecule has 0 bridgehead atoms. The van der Waals surface area contributed by atoms with Crippen molar-refractivity contribution in [3.63, 3.8) is 0 Å². The largest absolute Gasteiger partial charge is 0.117 e. The van der Waals surface area contributed by atoms with Crippen molar-refractivity contribution >= 4 is 116 Å². The van der Waals surface area contributed by atoms with Crippen LogP contribution >= 0.6 is 116 Å². The molecule has 0 nitrogen and oxygen atoms in total. The van der Waals surface area contributed by atoms with Gasteiger partial charge in [-0.3, -0.25) is 0 Å². The topological polar surface area (TPSA) is 0 Å². The van der Waals surface area contributed by atoms with Crippen LogP contribution < -0.4 is 0 Å². The third kappa shape index (κ3) is 6.50. The fraction of sp³-hybridized carbons (Fsp3) is 0.571. The summed E-state index contributed by atoms with van der Waals surface area (Å²) in [5.41, 5.74) is 0. The van der Waals surface area contributed by atoms with Crippen LogP contribution in [0.15, 0.2) is 22.8 Å². The molecule has 0 amide bonds. The molecule has 124 valence electrons. The lowest BCUT2D eigenvalue weighted by Gasteiger charge is -2.03. The smallest absolute Gasteiger partial charge is 0.0717 e. The van der Waals surface area contributed by atoms with Crippen molar-refractivity contribution in [3.8, 4) is 0 Å². The lowest BCUT2D eigenvalue weighted by atomic mass is 10.4. The molecule has 0 saturated carbocycles. The van der Waals surface area contributed by atoms with Gasteiger partial charge in [-0.15, -0.1) is 23.5 Å². The van der Waals surface area contributed by atoms with Crippen LogP contribution in [0.4, 0.5) is 0 Å². The number of hydrogen-bond donors (Lipinski definition) is 0. The van der Waals surface area contributed by atoms with E-state index in [2.05, 4.69) is 59.0 Å². The molecular weight excluding hydrogens is 614 g/mol. The Labute approximate surface area is 187 Å². The van der Waals surface area contributed by atoms with Crippen molar-refractivity contribution in [1.82, 2.24) is 0 Å². The number of hydrogen-bond acceptors (Lipinski definition) is 6. The first kappa shape index (κ1) is 21.1. The summed E-state index contributed by atoms with van der Waals surface area (Å²) in [5, 5.41) is 0. The molecule has 0 aromatic carbocycles. The Morgan fingerprint density at radius 1 is 0.727 bits per heavy atom. The summed E-state index contributed by atoms with van der Waals surface area (Å²) in [6, 6.07) is 0. The van der Waals surface area contributed by atoms with E-state index < -0.39 is 0 Å². The van der Waals surface area contributed by atoms with E-state index in [9.17, 15) is 0 Å². The molecule has 0 fully saturated rings. The van der Waals surface area contributed by atoms with Gasteiger partial charge in [0.2, 0.25) is 0 Å². The van der Waals surface area contributed by atoms with E-state index in [0.29, 0.717) is 0 Å². The second-order valence-corrected chi connectivity index (χ2v) is 15.5. The van der Waals surface area contributed by atoms with E-state index >= 15 is 0 Å². The molecule has 8 heteroatoms. The summed E-state index contributed by atoms with van der Waals surface area (Å²) in [6.07, 6.45) is 5.20. The van der Waals surface area contributed by atoms with Crippen molar-refractivity contribution in [2.24, 2.45) is 0 Å². The minimum atomic E-state index is 1.25. The van der Waals surface area contributed by atoms with E-state index in [4.69, 9.17) is 0 Å². The molecule has 0 saturated heterocycles. The highest BCUT2D eigenvalue weighted by Crippen LogP contribution is 2.65. The van der Waals surface area contributed by atoms with Crippen molar-refractivity contribution in [2.45, 2.75) is 39.5 Å². The van der Waals surface area contributed by atoms with E-state index in [1.807, 2.05) is 70.6 Å². The van der Waals surface area contributed by atoms with Gasteiger partial charge in [-0.1, -0.05) is 73.7 Å². The average Bonchev–Trinajstić information content (AvgIpc) is 3.04. The molecule has 0 aliphatic carbocycles. The van der Waals surface area contributed by atoms with Crippen LogP contribution in [0.3, 0.4) is 0 Å². The molecule has 0 atom stereocenters. The number of thioether (sulfide) groups is 6. The van der Waals surface area contributed by atoms with E-state index in [1.165, 1.54) is 60.0 Å². The minimum Gasteiger partial charge on any atom is -0.117 e. The SMILES string of the molecule is CCCCSC1=C(I)S/C(=C2/SC(I)=C(SCCCC)S2)S1. The molecule has 2 heterocycles. The van der Waals surface area contributed by atoms with Crippen LogP contribution in [0.1, 0.15) is 39.5 Å². The maximum atomic E-state index is 2.51. The van der Waals surface area contributed by atoms with Crippen LogP contribution in [0.2, 0.25) is 0 Å². The first-order valence-corrected chi connectivity index (χ1v) is 14.6. The van der Waals surface area contributed by atoms with Crippen molar-refractivity contribution in [3.05, 3.63) is 22.8 Å². The van der Waals surface area contributed by atoms with Gasteiger partial charge in [0.15, 0.2) is 0 Å². The lowest BCUT2D eigenvalue weighted by Crippen LogP contribution is -1.77. The molecule has 22 heavy (non-hydrogen) atoms. The van der Waals surface area contributed by atoms with Gasteiger partial charge in [0.05, 0.1) is 22.8 Å². The maximum Gasteiger partial charge on any atom is 0.0717 e. The molecule has 0 aromatic heterocycles. The second kappa shape index (κ2) is 11.5. The molecule has 0 N–H and O–H groups in total. The highest BCUT2D eigenvalue weighted by molar-refractivity contribution is 14.1. The van der Waals surface area contributed by atoms with E-state index in [-0.39, 0.29) is 0 Å². The molecule has 0 aromatic rings. The Balaban J connectivity index is 1.90. The summed E-state index contributed by atoms with van der Waals surface area (Å²) in [4.78, 5) is 0. The van der Waals surface area contributed by atoms with Gasteiger partial charge in [0.1, 0.15) is 0 Å². The first-order chi connectivity index (χ1) is 10.7. The highest BCUT2D eigenvalue weighted by atomic mass is 127. The zero-order valence-corrected chi connectivity index (χ0v) is 21.7. The first-order valence-electron chi connectivity index (χ1n) is 7.16. The second-order valence-electron chi connectivity index (χ2n) is 4.51. The normalized spacial score (nSPS) is 22.4. The fourth-order valence-corrected chi connectivity index (χ4v) is 13.3. The quantitative estimate of drug-likeness (QED) is 0.192. The summed E-state index contributed by atoms with van der Waals surface area (Å²) in [6.45, 7) is 4.53. The fourth-order valence-electron chi connectivity index (χ4n) is 1.49. The van der Waals surface area contributed by atoms with Gasteiger partial charge < -0.3 is 0 Å². The molecule has 2 aliphatic rings. The number of unbranched alkanes of at least 4 members (excludes halogenated alkanes) is 2. The van der Waals surface area contributed by atoms with Gasteiger partial charge in [-0.05, 0) is 69.5 Å². The van der Waals surface area contributed by atoms with Crippen LogP contribution in [-0.4, -0.2) is 11.5 Å². The van der Waals surface area contributed by atoms with Crippen molar-refractivity contribution in [2.75, 3.05) is 11.5 Å². The Morgan fingerprint density at radius 2 is 1.14 bits per heavy atom. The lowest BCUT2D eigenvalue weighted by molar-refractivity contribution is 0.897. The van der Waals surface area contributed by atoms with Gasteiger partial charge in [-0.25, -0.2) is 0 Å². The summed E-state index contributed by atoms with van der Waals surface area (Å²) in [7, 11) is 0. The molecule has 0 radical (unpaired) electrons. The Hall–Kier alpha value is 2.78. The summed E-state index contributed by atoms with van der Waals surface area (Å²) in [5.74, 6) is 2.51. The van der Waals surface area contributed by atoms with Crippen molar-refractivity contribution < 1.29 is 0 Å². The average molecular weight is 633 g/mol. The van der Waals surface area contributed by atoms with Gasteiger partial charge in [-0.2, -0.15) is 0 Å². The number of rotatable bonds is 8. The third-order valence-electron chi connectivity index (χ3n) is 2.69. The summed E-state index contributed by atoms with van der Waals surface area (Å²) >= 11 is 17.0. The van der Waals surface area contributed by atoms with E-state index in [1.54, 1.807) is 0 Å². The van der Waals surface area contributed by atoms with Crippen LogP contribution in [0, 0.1) is 0 Å². The van der Waals surface area contributed by atoms with Crippen molar-refractivity contribution in [1.29, 1.82) is 0 Å². The van der Waals surface area contributed by atoms with Gasteiger partial charge in [0, 0.05) is 0 Å². The van der Waals surface area contributed by atoms with Gasteiger partial charge in [0.25, 0.3) is 0 Å². The van der Waals surface area contributed by atoms with Crippen LogP contribution in [0.25, 0.3) is 0 Å². The predicted octanol–water partition coefficient (Wildman–Crippen LogP) is 9.26. The number of halogens is 2. The zero-order valence-electron chi connectivity index (χ0n) is 12.4. The third-order valence-corrected chi connectivity index (χ3v) is 14.8. The maximum absolute atomic E-state index is 2.51. The Bertz CT molecular complexity index is 454. The van der Waals surface area contributed by atoms with E-state index in [0.717, 1.165) is 0 Å². The minimum absolute atomic E-state index is 1.25. The Morgan fingerprint density at radius 3 is 1.50 bits per heavy atom. The van der Waals surface area contributed by atoms with Crippen LogP contribution in [-0.2, 0) is 0 Å². The Kier molecular flexibility index (Phi) is 11.0.